The van der Waals surface area contributed by atoms with Gasteiger partial charge in [0, 0.05) is 19.3 Å². The van der Waals surface area contributed by atoms with Gasteiger partial charge in [0.25, 0.3) is 0 Å². The Hall–Kier alpha value is -2.38. The van der Waals surface area contributed by atoms with Crippen LogP contribution >= 0.6 is 0 Å². The van der Waals surface area contributed by atoms with E-state index in [2.05, 4.69) is 52.9 Å². The highest BCUT2D eigenvalue weighted by Gasteiger charge is 2.70. The van der Waals surface area contributed by atoms with Crippen LogP contribution < -0.4 is 5.32 Å². The average molecular weight is 628 g/mol. The maximum absolute atomic E-state index is 14.0. The minimum absolute atomic E-state index is 0.00401. The molecule has 8 nitrogen and oxygen atoms in total. The molecule has 0 aliphatic heterocycles. The topological polar surface area (TPSA) is 108 Å². The lowest BCUT2D eigenvalue weighted by Gasteiger charge is -2.71. The molecule has 5 aliphatic rings. The molecule has 0 heterocycles. The second kappa shape index (κ2) is 11.4. The molecule has 5 rings (SSSR count). The van der Waals surface area contributed by atoms with Gasteiger partial charge < -0.3 is 19.5 Å². The highest BCUT2D eigenvalue weighted by molar-refractivity contribution is 5.87. The smallest absolute Gasteiger partial charge is 0.325 e. The fraction of sp³-hybridized carbons (Fsp3) is 0.838. The first-order valence-corrected chi connectivity index (χ1v) is 17.2. The molecule has 9 atom stereocenters. The van der Waals surface area contributed by atoms with E-state index in [0.717, 1.165) is 64.2 Å². The van der Waals surface area contributed by atoms with Crippen LogP contribution in [0, 0.1) is 50.2 Å². The molecule has 4 fully saturated rings. The molecule has 4 saturated carbocycles. The molecule has 252 valence electrons. The van der Waals surface area contributed by atoms with Crippen molar-refractivity contribution >= 4 is 23.8 Å². The van der Waals surface area contributed by atoms with E-state index in [4.69, 9.17) is 14.2 Å². The number of carbonyl (C=O) groups excluding carboxylic acids is 4. The van der Waals surface area contributed by atoms with Crippen molar-refractivity contribution < 1.29 is 33.4 Å². The number of nitrogens with one attached hydrogen (secondary N) is 1. The van der Waals surface area contributed by atoms with Crippen molar-refractivity contribution in [3.63, 3.8) is 0 Å². The van der Waals surface area contributed by atoms with Crippen LogP contribution in [0.2, 0.25) is 0 Å². The SMILES string of the molecule is COC(=O)CNC(=O)[C@]12CCC(C)(C)C[C@H]1C1=CC[C@@H]3[C@@]4(C)CC[C@H](OC(C)=O)[C@@](C)(COC(C)=O)[C@@H]4CC[C@@]3(C)[C@]1(C)CC2. The van der Waals surface area contributed by atoms with Crippen LogP contribution in [0.1, 0.15) is 120 Å². The number of hydrogen-bond donors (Lipinski definition) is 1. The molecule has 5 aliphatic carbocycles. The van der Waals surface area contributed by atoms with Gasteiger partial charge in [0.15, 0.2) is 0 Å². The lowest BCUT2D eigenvalue weighted by atomic mass is 9.33. The highest BCUT2D eigenvalue weighted by atomic mass is 16.6. The van der Waals surface area contributed by atoms with Crippen molar-refractivity contribution in [3.05, 3.63) is 11.6 Å². The Morgan fingerprint density at radius 2 is 1.56 bits per heavy atom. The van der Waals surface area contributed by atoms with Crippen LogP contribution in [0.15, 0.2) is 11.6 Å². The van der Waals surface area contributed by atoms with Gasteiger partial charge in [-0.1, -0.05) is 53.2 Å². The Labute approximate surface area is 270 Å². The maximum Gasteiger partial charge on any atom is 0.325 e. The van der Waals surface area contributed by atoms with Gasteiger partial charge in [0.1, 0.15) is 19.3 Å². The Morgan fingerprint density at radius 1 is 0.867 bits per heavy atom. The van der Waals surface area contributed by atoms with E-state index in [1.165, 1.54) is 26.5 Å². The van der Waals surface area contributed by atoms with Gasteiger partial charge in [-0.25, -0.2) is 0 Å². The number of ether oxygens (including phenoxy) is 3. The monoisotopic (exact) mass is 627 g/mol. The summed E-state index contributed by atoms with van der Waals surface area (Å²) in [7, 11) is 1.35. The van der Waals surface area contributed by atoms with Crippen LogP contribution in [0.4, 0.5) is 0 Å². The molecule has 0 aromatic heterocycles. The van der Waals surface area contributed by atoms with Crippen molar-refractivity contribution in [2.45, 2.75) is 126 Å². The van der Waals surface area contributed by atoms with Crippen LogP contribution in [0.5, 0.6) is 0 Å². The van der Waals surface area contributed by atoms with Gasteiger partial charge >= 0.3 is 17.9 Å². The molecule has 0 aromatic carbocycles. The first kappa shape index (κ1) is 34.0. The van der Waals surface area contributed by atoms with Gasteiger partial charge in [-0.2, -0.15) is 0 Å². The summed E-state index contributed by atoms with van der Waals surface area (Å²) in [6.07, 6.45) is 11.4. The number of allylic oxidation sites excluding steroid dienone is 2. The molecule has 0 radical (unpaired) electrons. The zero-order valence-electron chi connectivity index (χ0n) is 29.2. The molecule has 0 bridgehead atoms. The second-order valence-corrected chi connectivity index (χ2v) is 17.1. The third-order valence-electron chi connectivity index (χ3n) is 14.3. The van der Waals surface area contributed by atoms with Crippen molar-refractivity contribution in [3.8, 4) is 0 Å². The summed E-state index contributed by atoms with van der Waals surface area (Å²) in [5, 5.41) is 2.97. The number of esters is 3. The minimum Gasteiger partial charge on any atom is -0.468 e. The fourth-order valence-corrected chi connectivity index (χ4v) is 11.7. The van der Waals surface area contributed by atoms with Gasteiger partial charge in [-0.3, -0.25) is 19.2 Å². The van der Waals surface area contributed by atoms with Crippen LogP contribution in [0.25, 0.3) is 0 Å². The minimum atomic E-state index is -0.510. The molecular formula is C37H57NO7. The number of fused-ring (bicyclic) bond motifs is 7. The van der Waals surface area contributed by atoms with Crippen LogP contribution in [-0.2, 0) is 33.4 Å². The Balaban J connectivity index is 1.53. The maximum atomic E-state index is 14.0. The van der Waals surface area contributed by atoms with Gasteiger partial charge in [-0.05, 0) is 104 Å². The first-order valence-electron chi connectivity index (χ1n) is 17.2. The Morgan fingerprint density at radius 3 is 2.20 bits per heavy atom. The predicted molar refractivity (Wildman–Crippen MR) is 171 cm³/mol. The summed E-state index contributed by atoms with van der Waals surface area (Å²) >= 11 is 0. The van der Waals surface area contributed by atoms with Crippen molar-refractivity contribution in [2.24, 2.45) is 50.2 Å². The number of hydrogen-bond acceptors (Lipinski definition) is 7. The van der Waals surface area contributed by atoms with Gasteiger partial charge in [-0.15, -0.1) is 0 Å². The summed E-state index contributed by atoms with van der Waals surface area (Å²) in [5.41, 5.74) is 0.550. The van der Waals surface area contributed by atoms with E-state index in [9.17, 15) is 19.2 Å². The quantitative estimate of drug-likeness (QED) is 0.202. The Kier molecular flexibility index (Phi) is 8.60. The van der Waals surface area contributed by atoms with Crippen LogP contribution in [-0.4, -0.2) is 50.2 Å². The Bertz CT molecular complexity index is 1270. The van der Waals surface area contributed by atoms with E-state index < -0.39 is 16.8 Å². The zero-order valence-corrected chi connectivity index (χ0v) is 29.2. The molecule has 0 saturated heterocycles. The summed E-state index contributed by atoms with van der Waals surface area (Å²) in [5.74, 6) is -0.231. The molecule has 1 amide bonds. The standard InChI is InChI=1S/C37H57NO7/c1-23(39)44-22-34(6)27-12-15-36(8)28(33(27,5)14-13-29(34)45-24(2)40)11-10-25-26-20-32(3,4)16-18-37(26,19-17-35(25,36)7)31(42)38-21-30(41)43-9/h10,26-29H,11-22H2,1-9H3,(H,38,42)/t26-,27+,28+,29-,33-,34-,35+,36+,37-/m0/s1. The predicted octanol–water partition coefficient (Wildman–Crippen LogP) is 6.55. The third kappa shape index (κ3) is 5.24. The summed E-state index contributed by atoms with van der Waals surface area (Å²) in [6.45, 7) is 17.4. The zero-order chi connectivity index (χ0) is 33.2. The second-order valence-electron chi connectivity index (χ2n) is 17.1. The fourth-order valence-electron chi connectivity index (χ4n) is 11.7. The molecule has 1 N–H and O–H groups in total. The van der Waals surface area contributed by atoms with E-state index in [1.807, 2.05) is 0 Å². The van der Waals surface area contributed by atoms with Crippen molar-refractivity contribution in [2.75, 3.05) is 20.3 Å². The third-order valence-corrected chi connectivity index (χ3v) is 14.3. The molecule has 0 aromatic rings. The number of methoxy groups -OCH3 is 1. The van der Waals surface area contributed by atoms with Crippen molar-refractivity contribution in [1.82, 2.24) is 5.32 Å². The highest BCUT2D eigenvalue weighted by Crippen LogP contribution is 2.76. The molecular weight excluding hydrogens is 570 g/mol. The van der Waals surface area contributed by atoms with E-state index >= 15 is 0 Å². The molecule has 0 unspecified atom stereocenters. The summed E-state index contributed by atoms with van der Waals surface area (Å²) < 4.78 is 16.5. The van der Waals surface area contributed by atoms with Gasteiger partial charge in [0.2, 0.25) is 5.91 Å². The largest absolute Gasteiger partial charge is 0.468 e. The number of rotatable bonds is 6. The molecule has 0 spiro atoms. The molecule has 45 heavy (non-hydrogen) atoms. The van der Waals surface area contributed by atoms with E-state index in [-0.39, 0.29) is 70.6 Å². The number of amides is 1. The first-order chi connectivity index (χ1) is 20.9. The van der Waals surface area contributed by atoms with Gasteiger partial charge in [0.05, 0.1) is 12.5 Å². The van der Waals surface area contributed by atoms with Crippen LogP contribution in [0.3, 0.4) is 0 Å². The summed E-state index contributed by atoms with van der Waals surface area (Å²) in [4.78, 5) is 50.2. The normalized spacial score (nSPS) is 43.2. The van der Waals surface area contributed by atoms with E-state index in [1.54, 1.807) is 0 Å². The van der Waals surface area contributed by atoms with E-state index in [0.29, 0.717) is 5.92 Å². The number of carbonyl (C=O) groups is 4. The lowest BCUT2D eigenvalue weighted by molar-refractivity contribution is -0.226. The molecule has 8 heteroatoms. The van der Waals surface area contributed by atoms with Crippen molar-refractivity contribution in [1.29, 1.82) is 0 Å². The average Bonchev–Trinajstić information content (AvgIpc) is 2.96. The summed E-state index contributed by atoms with van der Waals surface area (Å²) in [6, 6.07) is 0. The lowest BCUT2D eigenvalue weighted by Crippen LogP contribution is -2.66.